The number of benzene rings is 2. The van der Waals surface area contributed by atoms with Crippen LogP contribution in [-0.2, 0) is 10.2 Å². The van der Waals surface area contributed by atoms with Gasteiger partial charge in [0.25, 0.3) is 0 Å². The predicted molar refractivity (Wildman–Crippen MR) is 114 cm³/mol. The van der Waals surface area contributed by atoms with E-state index in [9.17, 15) is 4.79 Å². The molecule has 0 aliphatic heterocycles. The third kappa shape index (κ3) is 5.22. The molecule has 3 heteroatoms. The van der Waals surface area contributed by atoms with E-state index in [4.69, 9.17) is 9.47 Å². The number of esters is 1. The van der Waals surface area contributed by atoms with Crippen LogP contribution < -0.4 is 9.47 Å². The van der Waals surface area contributed by atoms with E-state index in [0.29, 0.717) is 5.75 Å². The van der Waals surface area contributed by atoms with Gasteiger partial charge in [0.15, 0.2) is 0 Å². The highest BCUT2D eigenvalue weighted by Crippen LogP contribution is 2.44. The first-order valence-electron chi connectivity index (χ1n) is 9.61. The standard InChI is InChI=1S/C20H20O3.2C2H6/c1-13(21)23-15-7-5-14(6-8-15)18-12-20(2,3)19-10-9-16(22-4)11-17(18)19;2*1-2/h5-12H,1-4H3;2*1-2H3. The molecule has 0 amide bonds. The lowest BCUT2D eigenvalue weighted by Crippen LogP contribution is -2.10. The molecule has 0 heterocycles. The minimum atomic E-state index is -0.311. The number of rotatable bonds is 3. The summed E-state index contributed by atoms with van der Waals surface area (Å²) in [7, 11) is 1.68. The van der Waals surface area contributed by atoms with Crippen molar-refractivity contribution in [3.05, 3.63) is 65.2 Å². The fraction of sp³-hybridized carbons (Fsp3) is 0.375. The van der Waals surface area contributed by atoms with Crippen LogP contribution in [0.3, 0.4) is 0 Å². The highest BCUT2D eigenvalue weighted by Gasteiger charge is 2.30. The van der Waals surface area contributed by atoms with Crippen molar-refractivity contribution in [2.24, 2.45) is 0 Å². The smallest absolute Gasteiger partial charge is 0.308 e. The van der Waals surface area contributed by atoms with Crippen molar-refractivity contribution in [2.75, 3.05) is 7.11 Å². The van der Waals surface area contributed by atoms with Gasteiger partial charge in [0, 0.05) is 12.3 Å². The Hall–Kier alpha value is -2.55. The number of carbonyl (C=O) groups excluding carboxylic acids is 1. The second-order valence-corrected chi connectivity index (χ2v) is 6.31. The SMILES string of the molecule is CC.CC.COc1ccc2c(c1)C(c1ccc(OC(C)=O)cc1)=CC2(C)C. The number of allylic oxidation sites excluding steroid dienone is 1. The normalized spacial score (nSPS) is 13.1. The average molecular weight is 369 g/mol. The van der Waals surface area contributed by atoms with Crippen molar-refractivity contribution >= 4 is 11.5 Å². The molecule has 0 fully saturated rings. The van der Waals surface area contributed by atoms with Gasteiger partial charge in [-0.1, -0.05) is 65.8 Å². The summed E-state index contributed by atoms with van der Waals surface area (Å²) in [5, 5.41) is 0. The second-order valence-electron chi connectivity index (χ2n) is 6.31. The molecule has 2 aromatic rings. The van der Waals surface area contributed by atoms with E-state index < -0.39 is 0 Å². The van der Waals surface area contributed by atoms with E-state index in [0.717, 1.165) is 11.3 Å². The third-order valence-electron chi connectivity index (χ3n) is 4.14. The Labute approximate surface area is 164 Å². The lowest BCUT2D eigenvalue weighted by atomic mass is 9.87. The first kappa shape index (κ1) is 22.5. The zero-order chi connectivity index (χ0) is 20.6. The van der Waals surface area contributed by atoms with Gasteiger partial charge in [-0.15, -0.1) is 0 Å². The first-order chi connectivity index (χ1) is 12.9. The molecule has 0 aromatic heterocycles. The molecule has 0 saturated heterocycles. The Kier molecular flexibility index (Phi) is 8.30. The number of hydrogen-bond donors (Lipinski definition) is 0. The van der Waals surface area contributed by atoms with Gasteiger partial charge in [0.05, 0.1) is 7.11 Å². The number of ether oxygens (including phenoxy) is 2. The van der Waals surface area contributed by atoms with E-state index in [2.05, 4.69) is 32.1 Å². The molecular weight excluding hydrogens is 336 g/mol. The quantitative estimate of drug-likeness (QED) is 0.465. The molecule has 3 rings (SSSR count). The van der Waals surface area contributed by atoms with Gasteiger partial charge < -0.3 is 9.47 Å². The summed E-state index contributed by atoms with van der Waals surface area (Å²) in [5.74, 6) is 1.10. The van der Waals surface area contributed by atoms with Crippen molar-refractivity contribution < 1.29 is 14.3 Å². The van der Waals surface area contributed by atoms with Gasteiger partial charge in [0.2, 0.25) is 0 Å². The van der Waals surface area contributed by atoms with Gasteiger partial charge in [-0.05, 0) is 46.5 Å². The predicted octanol–water partition coefficient (Wildman–Crippen LogP) is 6.40. The average Bonchev–Trinajstić information content (AvgIpc) is 2.95. The Bertz CT molecular complexity index is 784. The summed E-state index contributed by atoms with van der Waals surface area (Å²) in [6.45, 7) is 13.8. The molecule has 3 nitrogen and oxygen atoms in total. The minimum absolute atomic E-state index is 0.0223. The molecule has 0 radical (unpaired) electrons. The molecule has 0 spiro atoms. The molecule has 1 aliphatic rings. The molecule has 0 bridgehead atoms. The molecule has 1 aliphatic carbocycles. The van der Waals surface area contributed by atoms with E-state index in [1.807, 2.05) is 58.0 Å². The molecule has 0 unspecified atom stereocenters. The van der Waals surface area contributed by atoms with Crippen LogP contribution in [0.2, 0.25) is 0 Å². The van der Waals surface area contributed by atoms with E-state index >= 15 is 0 Å². The lowest BCUT2D eigenvalue weighted by molar-refractivity contribution is -0.131. The maximum atomic E-state index is 11.0. The Morgan fingerprint density at radius 1 is 0.889 bits per heavy atom. The van der Waals surface area contributed by atoms with Crippen molar-refractivity contribution in [1.82, 2.24) is 0 Å². The van der Waals surface area contributed by atoms with Crippen molar-refractivity contribution in [2.45, 2.75) is 53.9 Å². The van der Waals surface area contributed by atoms with Crippen LogP contribution in [0.25, 0.3) is 5.57 Å². The van der Waals surface area contributed by atoms with Crippen LogP contribution in [0, 0.1) is 0 Å². The van der Waals surface area contributed by atoms with Crippen LogP contribution in [0.15, 0.2) is 48.5 Å². The van der Waals surface area contributed by atoms with Crippen LogP contribution >= 0.6 is 0 Å². The maximum Gasteiger partial charge on any atom is 0.308 e. The maximum absolute atomic E-state index is 11.0. The monoisotopic (exact) mass is 368 g/mol. The van der Waals surface area contributed by atoms with Crippen LogP contribution in [0.5, 0.6) is 11.5 Å². The van der Waals surface area contributed by atoms with E-state index in [1.54, 1.807) is 7.11 Å². The van der Waals surface area contributed by atoms with E-state index in [1.165, 1.54) is 23.6 Å². The summed E-state index contributed by atoms with van der Waals surface area (Å²) < 4.78 is 10.5. The topological polar surface area (TPSA) is 35.5 Å². The summed E-state index contributed by atoms with van der Waals surface area (Å²) >= 11 is 0. The Morgan fingerprint density at radius 2 is 1.44 bits per heavy atom. The van der Waals surface area contributed by atoms with Crippen LogP contribution in [0.1, 0.15) is 65.2 Å². The van der Waals surface area contributed by atoms with Crippen molar-refractivity contribution in [1.29, 1.82) is 0 Å². The zero-order valence-corrected chi connectivity index (χ0v) is 17.8. The third-order valence-corrected chi connectivity index (χ3v) is 4.14. The van der Waals surface area contributed by atoms with Gasteiger partial charge in [-0.2, -0.15) is 0 Å². The first-order valence-corrected chi connectivity index (χ1v) is 9.61. The molecule has 0 atom stereocenters. The zero-order valence-electron chi connectivity index (χ0n) is 17.8. The van der Waals surface area contributed by atoms with Crippen LogP contribution in [-0.4, -0.2) is 13.1 Å². The van der Waals surface area contributed by atoms with Gasteiger partial charge >= 0.3 is 5.97 Å². The lowest BCUT2D eigenvalue weighted by Gasteiger charge is -2.17. The van der Waals surface area contributed by atoms with Crippen LogP contribution in [0.4, 0.5) is 0 Å². The molecule has 27 heavy (non-hydrogen) atoms. The summed E-state index contributed by atoms with van der Waals surface area (Å²) in [6.07, 6.45) is 2.28. The van der Waals surface area contributed by atoms with E-state index in [-0.39, 0.29) is 11.4 Å². The number of fused-ring (bicyclic) bond motifs is 1. The second kappa shape index (κ2) is 9.96. The van der Waals surface area contributed by atoms with Crippen molar-refractivity contribution in [3.8, 4) is 11.5 Å². The summed E-state index contributed by atoms with van der Waals surface area (Å²) in [6, 6.07) is 13.8. The highest BCUT2D eigenvalue weighted by molar-refractivity contribution is 5.87. The fourth-order valence-electron chi connectivity index (χ4n) is 3.06. The Balaban J connectivity index is 0.000000855. The molecule has 2 aromatic carbocycles. The minimum Gasteiger partial charge on any atom is -0.497 e. The van der Waals surface area contributed by atoms with Gasteiger partial charge in [-0.3, -0.25) is 4.79 Å². The number of hydrogen-bond acceptors (Lipinski definition) is 3. The van der Waals surface area contributed by atoms with Gasteiger partial charge in [-0.25, -0.2) is 0 Å². The van der Waals surface area contributed by atoms with Crippen molar-refractivity contribution in [3.63, 3.8) is 0 Å². The molecule has 146 valence electrons. The summed E-state index contributed by atoms with van der Waals surface area (Å²) in [5.41, 5.74) is 4.73. The Morgan fingerprint density at radius 3 is 1.96 bits per heavy atom. The number of methoxy groups -OCH3 is 1. The fourth-order valence-corrected chi connectivity index (χ4v) is 3.06. The molecule has 0 saturated carbocycles. The summed E-state index contributed by atoms with van der Waals surface area (Å²) in [4.78, 5) is 11.0. The molecule has 0 N–H and O–H groups in total. The molecular formula is C24H32O3. The largest absolute Gasteiger partial charge is 0.497 e. The number of carbonyl (C=O) groups is 1. The highest BCUT2D eigenvalue weighted by atomic mass is 16.5. The van der Waals surface area contributed by atoms with Gasteiger partial charge in [0.1, 0.15) is 11.5 Å².